The number of benzene rings is 2. The molecule has 2 aromatic rings. The van der Waals surface area contributed by atoms with Crippen molar-refractivity contribution in [3.63, 3.8) is 0 Å². The largest absolute Gasteiger partial charge is 0.497 e. The van der Waals surface area contributed by atoms with Crippen LogP contribution >= 0.6 is 0 Å². The molecule has 1 saturated heterocycles. The summed E-state index contributed by atoms with van der Waals surface area (Å²) in [6.07, 6.45) is 0. The van der Waals surface area contributed by atoms with Gasteiger partial charge < -0.3 is 19.3 Å². The van der Waals surface area contributed by atoms with E-state index in [2.05, 4.69) is 4.90 Å². The van der Waals surface area contributed by atoms with Crippen molar-refractivity contribution in [1.29, 1.82) is 0 Å². The molecule has 1 amide bonds. The number of nitrogens with zero attached hydrogens (tertiary/aromatic N) is 2. The average Bonchev–Trinajstić information content (AvgIpc) is 2.73. The molecule has 0 saturated carbocycles. The molecule has 6 heteroatoms. The van der Waals surface area contributed by atoms with Gasteiger partial charge in [0.05, 0.1) is 14.2 Å². The molecule has 1 aliphatic heterocycles. The lowest BCUT2D eigenvalue weighted by molar-refractivity contribution is 0.0745. The topological polar surface area (TPSA) is 59.1 Å². The number of rotatable bonds is 5. The summed E-state index contributed by atoms with van der Waals surface area (Å²) in [4.78, 5) is 28.3. The van der Waals surface area contributed by atoms with Crippen LogP contribution in [0.5, 0.6) is 11.5 Å². The van der Waals surface area contributed by atoms with Crippen LogP contribution in [0, 0.1) is 0 Å². The third-order valence-electron chi connectivity index (χ3n) is 4.80. The highest BCUT2D eigenvalue weighted by atomic mass is 16.5. The number of carbonyl (C=O) groups is 2. The van der Waals surface area contributed by atoms with Crippen LogP contribution in [0.1, 0.15) is 27.6 Å². The number of Topliss-reactive ketones (excluding diaryl/α,β-unsaturated/α-hetero) is 1. The lowest BCUT2D eigenvalue weighted by Crippen LogP contribution is -2.48. The zero-order valence-corrected chi connectivity index (χ0v) is 15.9. The summed E-state index contributed by atoms with van der Waals surface area (Å²) in [5, 5.41) is 0. The van der Waals surface area contributed by atoms with Crippen LogP contribution in [0.15, 0.2) is 42.5 Å². The molecule has 27 heavy (non-hydrogen) atoms. The molecule has 0 radical (unpaired) electrons. The summed E-state index contributed by atoms with van der Waals surface area (Å²) in [5.74, 6) is 1.23. The minimum Gasteiger partial charge on any atom is -0.497 e. The van der Waals surface area contributed by atoms with Crippen molar-refractivity contribution in [3.05, 3.63) is 53.6 Å². The van der Waals surface area contributed by atoms with Gasteiger partial charge in [-0.1, -0.05) is 0 Å². The van der Waals surface area contributed by atoms with Crippen molar-refractivity contribution in [3.8, 4) is 11.5 Å². The normalized spacial score (nSPS) is 14.0. The van der Waals surface area contributed by atoms with E-state index in [0.717, 1.165) is 18.8 Å². The standard InChI is InChI=1S/C21H24N2O4/c1-15(24)16-4-6-18(7-5-16)22-8-10-23(11-9-22)21(25)17-12-19(26-2)14-20(13-17)27-3/h4-7,12-14H,8-11H2,1-3H3. The zero-order valence-electron chi connectivity index (χ0n) is 15.9. The number of piperazine rings is 1. The summed E-state index contributed by atoms with van der Waals surface area (Å²) in [5.41, 5.74) is 2.33. The molecule has 6 nitrogen and oxygen atoms in total. The zero-order chi connectivity index (χ0) is 19.4. The molecule has 1 fully saturated rings. The van der Waals surface area contributed by atoms with E-state index < -0.39 is 0 Å². The Morgan fingerprint density at radius 2 is 1.37 bits per heavy atom. The molecule has 0 spiro atoms. The summed E-state index contributed by atoms with van der Waals surface area (Å²) >= 11 is 0. The molecule has 0 unspecified atom stereocenters. The maximum Gasteiger partial charge on any atom is 0.254 e. The molecule has 0 aromatic heterocycles. The number of ether oxygens (including phenoxy) is 2. The second-order valence-electron chi connectivity index (χ2n) is 6.48. The Kier molecular flexibility index (Phi) is 5.64. The Morgan fingerprint density at radius 1 is 0.815 bits per heavy atom. The van der Waals surface area contributed by atoms with Gasteiger partial charge in [-0.15, -0.1) is 0 Å². The molecule has 1 aliphatic rings. The first-order chi connectivity index (χ1) is 13.0. The van der Waals surface area contributed by atoms with Crippen molar-refractivity contribution in [2.24, 2.45) is 0 Å². The number of ketones is 1. The van der Waals surface area contributed by atoms with Crippen LogP contribution in [-0.4, -0.2) is 57.0 Å². The van der Waals surface area contributed by atoms with E-state index >= 15 is 0 Å². The molecular weight excluding hydrogens is 344 g/mol. The monoisotopic (exact) mass is 368 g/mol. The minimum atomic E-state index is -0.0289. The van der Waals surface area contributed by atoms with Crippen LogP contribution in [-0.2, 0) is 0 Å². The molecule has 0 aliphatic carbocycles. The second-order valence-corrected chi connectivity index (χ2v) is 6.48. The van der Waals surface area contributed by atoms with E-state index in [1.807, 2.05) is 29.2 Å². The van der Waals surface area contributed by atoms with Gasteiger partial charge in [0.1, 0.15) is 11.5 Å². The Balaban J connectivity index is 1.66. The van der Waals surface area contributed by atoms with Crippen LogP contribution in [0.2, 0.25) is 0 Å². The van der Waals surface area contributed by atoms with Crippen molar-refractivity contribution in [2.75, 3.05) is 45.3 Å². The van der Waals surface area contributed by atoms with E-state index in [-0.39, 0.29) is 11.7 Å². The lowest BCUT2D eigenvalue weighted by atomic mass is 10.1. The highest BCUT2D eigenvalue weighted by Crippen LogP contribution is 2.24. The molecule has 3 rings (SSSR count). The summed E-state index contributed by atoms with van der Waals surface area (Å²) < 4.78 is 10.5. The highest BCUT2D eigenvalue weighted by Gasteiger charge is 2.23. The number of hydrogen-bond donors (Lipinski definition) is 0. The predicted molar refractivity (Wildman–Crippen MR) is 104 cm³/mol. The highest BCUT2D eigenvalue weighted by molar-refractivity contribution is 5.95. The van der Waals surface area contributed by atoms with Crippen molar-refractivity contribution in [1.82, 2.24) is 4.90 Å². The molecule has 1 heterocycles. The average molecular weight is 368 g/mol. The Hall–Kier alpha value is -3.02. The van der Waals surface area contributed by atoms with Gasteiger partial charge in [0.25, 0.3) is 5.91 Å². The van der Waals surface area contributed by atoms with Gasteiger partial charge in [-0.3, -0.25) is 9.59 Å². The van der Waals surface area contributed by atoms with E-state index in [9.17, 15) is 9.59 Å². The maximum absolute atomic E-state index is 12.9. The van der Waals surface area contributed by atoms with E-state index in [1.54, 1.807) is 39.3 Å². The van der Waals surface area contributed by atoms with Crippen molar-refractivity contribution < 1.29 is 19.1 Å². The van der Waals surface area contributed by atoms with Gasteiger partial charge >= 0.3 is 0 Å². The SMILES string of the molecule is COc1cc(OC)cc(C(=O)N2CCN(c3ccc(C(C)=O)cc3)CC2)c1. The fraction of sp³-hybridized carbons (Fsp3) is 0.333. The maximum atomic E-state index is 12.9. The second kappa shape index (κ2) is 8.12. The first-order valence-corrected chi connectivity index (χ1v) is 8.90. The van der Waals surface area contributed by atoms with Crippen LogP contribution in [0.4, 0.5) is 5.69 Å². The van der Waals surface area contributed by atoms with Crippen LogP contribution < -0.4 is 14.4 Å². The Labute approximate surface area is 159 Å². The van der Waals surface area contributed by atoms with Crippen LogP contribution in [0.3, 0.4) is 0 Å². The molecular formula is C21H24N2O4. The van der Waals surface area contributed by atoms with E-state index in [0.29, 0.717) is 35.7 Å². The number of amides is 1. The Bertz CT molecular complexity index is 802. The number of carbonyl (C=O) groups excluding carboxylic acids is 2. The number of anilines is 1. The number of hydrogen-bond acceptors (Lipinski definition) is 5. The molecule has 2 aromatic carbocycles. The summed E-state index contributed by atoms with van der Waals surface area (Å²) in [6.45, 7) is 4.31. The van der Waals surface area contributed by atoms with Gasteiger partial charge in [-0.05, 0) is 43.3 Å². The van der Waals surface area contributed by atoms with Gasteiger partial charge in [0.2, 0.25) is 0 Å². The van der Waals surface area contributed by atoms with E-state index in [4.69, 9.17) is 9.47 Å². The fourth-order valence-corrected chi connectivity index (χ4v) is 3.19. The molecule has 0 atom stereocenters. The molecule has 0 N–H and O–H groups in total. The predicted octanol–water partition coefficient (Wildman–Crippen LogP) is 2.87. The number of methoxy groups -OCH3 is 2. The van der Waals surface area contributed by atoms with Crippen molar-refractivity contribution in [2.45, 2.75) is 6.92 Å². The third kappa shape index (κ3) is 4.22. The summed E-state index contributed by atoms with van der Waals surface area (Å²) in [6, 6.07) is 12.8. The van der Waals surface area contributed by atoms with Gasteiger partial charge in [-0.2, -0.15) is 0 Å². The lowest BCUT2D eigenvalue weighted by Gasteiger charge is -2.36. The van der Waals surface area contributed by atoms with Crippen molar-refractivity contribution >= 4 is 17.4 Å². The quantitative estimate of drug-likeness (QED) is 0.760. The first-order valence-electron chi connectivity index (χ1n) is 8.90. The van der Waals surface area contributed by atoms with Crippen LogP contribution in [0.25, 0.3) is 0 Å². The smallest absolute Gasteiger partial charge is 0.254 e. The fourth-order valence-electron chi connectivity index (χ4n) is 3.19. The first kappa shape index (κ1) is 18.8. The van der Waals surface area contributed by atoms with E-state index in [1.165, 1.54) is 0 Å². The minimum absolute atomic E-state index is 0.0289. The molecule has 142 valence electrons. The van der Waals surface area contributed by atoms with Gasteiger partial charge in [-0.25, -0.2) is 0 Å². The van der Waals surface area contributed by atoms with Gasteiger partial charge in [0, 0.05) is 49.1 Å². The molecule has 0 bridgehead atoms. The van der Waals surface area contributed by atoms with Gasteiger partial charge in [0.15, 0.2) is 5.78 Å². The Morgan fingerprint density at radius 3 is 1.85 bits per heavy atom. The summed E-state index contributed by atoms with van der Waals surface area (Å²) in [7, 11) is 3.14. The third-order valence-corrected chi connectivity index (χ3v) is 4.80.